The molecule has 1 fully saturated rings. The molecule has 1 saturated heterocycles. The minimum absolute atomic E-state index is 0.0447. The lowest BCUT2D eigenvalue weighted by atomic mass is 9.92. The number of carbonyl (C=O) groups is 1. The zero-order valence-electron chi connectivity index (χ0n) is 12.5. The molecular formula is C16H24N2OS. The first kappa shape index (κ1) is 15.4. The lowest BCUT2D eigenvalue weighted by molar-refractivity contribution is -0.125. The molecule has 0 saturated carbocycles. The van der Waals surface area contributed by atoms with Crippen LogP contribution in [0, 0.1) is 5.92 Å². The van der Waals surface area contributed by atoms with E-state index in [-0.39, 0.29) is 18.0 Å². The average molecular weight is 292 g/mol. The van der Waals surface area contributed by atoms with Crippen molar-refractivity contribution in [3.05, 3.63) is 29.8 Å². The number of carbonyl (C=O) groups excluding carboxylic acids is 1. The lowest BCUT2D eigenvalue weighted by Crippen LogP contribution is -2.51. The summed E-state index contributed by atoms with van der Waals surface area (Å²) in [6, 6.07) is 8.39. The van der Waals surface area contributed by atoms with Gasteiger partial charge in [0, 0.05) is 4.90 Å². The smallest absolute Gasteiger partial charge is 0.237 e. The summed E-state index contributed by atoms with van der Waals surface area (Å²) in [5.74, 6) is 0.536. The molecule has 4 heteroatoms. The van der Waals surface area contributed by atoms with Crippen LogP contribution in [0.3, 0.4) is 0 Å². The Bertz CT molecular complexity index is 446. The van der Waals surface area contributed by atoms with Gasteiger partial charge < -0.3 is 10.6 Å². The van der Waals surface area contributed by atoms with E-state index in [9.17, 15) is 4.79 Å². The summed E-state index contributed by atoms with van der Waals surface area (Å²) in [7, 11) is 0. The van der Waals surface area contributed by atoms with Crippen LogP contribution in [-0.4, -0.2) is 24.7 Å². The van der Waals surface area contributed by atoms with E-state index in [0.29, 0.717) is 5.92 Å². The van der Waals surface area contributed by atoms with Gasteiger partial charge in [0.2, 0.25) is 5.91 Å². The molecule has 110 valence electrons. The second-order valence-electron chi connectivity index (χ2n) is 5.55. The summed E-state index contributed by atoms with van der Waals surface area (Å²) in [5, 5.41) is 6.45. The van der Waals surface area contributed by atoms with Gasteiger partial charge in [-0.15, -0.1) is 11.8 Å². The van der Waals surface area contributed by atoms with Crippen molar-refractivity contribution >= 4 is 17.7 Å². The molecule has 0 radical (unpaired) electrons. The van der Waals surface area contributed by atoms with Gasteiger partial charge in [0.25, 0.3) is 0 Å². The van der Waals surface area contributed by atoms with Crippen molar-refractivity contribution in [2.24, 2.45) is 5.92 Å². The second kappa shape index (κ2) is 7.14. The minimum atomic E-state index is -0.0447. The highest BCUT2D eigenvalue weighted by Crippen LogP contribution is 2.20. The Morgan fingerprint density at radius 3 is 2.70 bits per heavy atom. The molecule has 3 atom stereocenters. The molecule has 2 rings (SSSR count). The first-order valence-electron chi connectivity index (χ1n) is 7.29. The Balaban J connectivity index is 1.95. The summed E-state index contributed by atoms with van der Waals surface area (Å²) in [5.41, 5.74) is 1.15. The van der Waals surface area contributed by atoms with Crippen LogP contribution in [0.1, 0.15) is 38.3 Å². The highest BCUT2D eigenvalue weighted by molar-refractivity contribution is 7.98. The predicted octanol–water partition coefficient (Wildman–Crippen LogP) is 2.97. The maximum atomic E-state index is 12.3. The first-order valence-corrected chi connectivity index (χ1v) is 8.52. The summed E-state index contributed by atoms with van der Waals surface area (Å²) in [4.78, 5) is 13.6. The quantitative estimate of drug-likeness (QED) is 0.838. The molecule has 0 spiro atoms. The van der Waals surface area contributed by atoms with Gasteiger partial charge in [-0.2, -0.15) is 0 Å². The number of benzene rings is 1. The molecule has 1 aromatic carbocycles. The van der Waals surface area contributed by atoms with Gasteiger partial charge in [-0.05, 0) is 56.2 Å². The van der Waals surface area contributed by atoms with Crippen molar-refractivity contribution in [3.8, 4) is 0 Å². The van der Waals surface area contributed by atoms with Crippen LogP contribution in [0.5, 0.6) is 0 Å². The average Bonchev–Trinajstić information content (AvgIpc) is 2.47. The summed E-state index contributed by atoms with van der Waals surface area (Å²) >= 11 is 1.73. The third-order valence-corrected chi connectivity index (χ3v) is 4.77. The van der Waals surface area contributed by atoms with Crippen LogP contribution in [0.15, 0.2) is 29.2 Å². The molecule has 3 unspecified atom stereocenters. The van der Waals surface area contributed by atoms with E-state index >= 15 is 0 Å². The monoisotopic (exact) mass is 292 g/mol. The highest BCUT2D eigenvalue weighted by atomic mass is 32.2. The molecule has 0 aromatic heterocycles. The molecule has 1 amide bonds. The normalized spacial score (nSPS) is 24.1. The number of hydrogen-bond acceptors (Lipinski definition) is 3. The topological polar surface area (TPSA) is 41.1 Å². The molecule has 3 nitrogen and oxygen atoms in total. The van der Waals surface area contributed by atoms with Crippen molar-refractivity contribution < 1.29 is 4.79 Å². The van der Waals surface area contributed by atoms with Gasteiger partial charge in [-0.3, -0.25) is 4.79 Å². The molecule has 1 aromatic rings. The molecule has 1 heterocycles. The van der Waals surface area contributed by atoms with Gasteiger partial charge in [-0.25, -0.2) is 0 Å². The third-order valence-electron chi connectivity index (χ3n) is 4.03. The fraction of sp³-hybridized carbons (Fsp3) is 0.562. The predicted molar refractivity (Wildman–Crippen MR) is 85.0 cm³/mol. The summed E-state index contributed by atoms with van der Waals surface area (Å²) in [6.07, 6.45) is 4.36. The van der Waals surface area contributed by atoms with E-state index in [1.165, 1.54) is 4.90 Å². The molecule has 20 heavy (non-hydrogen) atoms. The van der Waals surface area contributed by atoms with E-state index in [1.807, 2.05) is 6.92 Å². The Morgan fingerprint density at radius 1 is 1.40 bits per heavy atom. The number of rotatable bonds is 4. The minimum Gasteiger partial charge on any atom is -0.348 e. The molecule has 0 aliphatic carbocycles. The second-order valence-corrected chi connectivity index (χ2v) is 6.43. The Hall–Kier alpha value is -1.00. The lowest BCUT2D eigenvalue weighted by Gasteiger charge is -2.30. The summed E-state index contributed by atoms with van der Waals surface area (Å²) in [6.45, 7) is 5.13. The van der Waals surface area contributed by atoms with E-state index in [4.69, 9.17) is 0 Å². The zero-order valence-corrected chi connectivity index (χ0v) is 13.3. The Kier molecular flexibility index (Phi) is 5.49. The number of thioether (sulfide) groups is 1. The Labute approximate surface area is 125 Å². The number of nitrogens with one attached hydrogen (secondary N) is 2. The van der Waals surface area contributed by atoms with Gasteiger partial charge in [0.1, 0.15) is 0 Å². The maximum Gasteiger partial charge on any atom is 0.237 e. The van der Waals surface area contributed by atoms with Crippen LogP contribution in [0.2, 0.25) is 0 Å². The SMILES string of the molecule is CSc1ccc(C(C)NC(=O)C2NCCCC2C)cc1. The van der Waals surface area contributed by atoms with Crippen molar-refractivity contribution in [2.75, 3.05) is 12.8 Å². The number of hydrogen-bond donors (Lipinski definition) is 2. The van der Waals surface area contributed by atoms with Crippen LogP contribution in [0.25, 0.3) is 0 Å². The first-order chi connectivity index (χ1) is 9.61. The molecular weight excluding hydrogens is 268 g/mol. The largest absolute Gasteiger partial charge is 0.348 e. The zero-order chi connectivity index (χ0) is 14.5. The van der Waals surface area contributed by atoms with Gasteiger partial charge in [0.05, 0.1) is 12.1 Å². The van der Waals surface area contributed by atoms with Gasteiger partial charge in [0.15, 0.2) is 0 Å². The molecule has 1 aliphatic rings. The van der Waals surface area contributed by atoms with Crippen molar-refractivity contribution in [2.45, 2.75) is 43.7 Å². The van der Waals surface area contributed by atoms with E-state index in [0.717, 1.165) is 24.9 Å². The van der Waals surface area contributed by atoms with Crippen molar-refractivity contribution in [3.63, 3.8) is 0 Å². The van der Waals surface area contributed by atoms with Gasteiger partial charge >= 0.3 is 0 Å². The standard InChI is InChI=1S/C16H24N2OS/c1-11-5-4-10-17-15(11)16(19)18-12(2)13-6-8-14(20-3)9-7-13/h6-9,11-12,15,17H,4-5,10H2,1-3H3,(H,18,19). The Morgan fingerprint density at radius 2 is 2.10 bits per heavy atom. The fourth-order valence-electron chi connectivity index (χ4n) is 2.68. The molecule has 1 aliphatic heterocycles. The van der Waals surface area contributed by atoms with Crippen LogP contribution in [-0.2, 0) is 4.79 Å². The van der Waals surface area contributed by atoms with Gasteiger partial charge in [-0.1, -0.05) is 19.1 Å². The highest BCUT2D eigenvalue weighted by Gasteiger charge is 2.28. The van der Waals surface area contributed by atoms with Crippen LogP contribution >= 0.6 is 11.8 Å². The molecule has 0 bridgehead atoms. The van der Waals surface area contributed by atoms with E-state index in [1.54, 1.807) is 11.8 Å². The molecule has 2 N–H and O–H groups in total. The fourth-order valence-corrected chi connectivity index (χ4v) is 3.09. The van der Waals surface area contributed by atoms with E-state index in [2.05, 4.69) is 48.1 Å². The van der Waals surface area contributed by atoms with Crippen LogP contribution < -0.4 is 10.6 Å². The number of amides is 1. The maximum absolute atomic E-state index is 12.3. The third kappa shape index (κ3) is 3.76. The van der Waals surface area contributed by atoms with Crippen molar-refractivity contribution in [1.29, 1.82) is 0 Å². The van der Waals surface area contributed by atoms with E-state index < -0.39 is 0 Å². The van der Waals surface area contributed by atoms with Crippen LogP contribution in [0.4, 0.5) is 0 Å². The van der Waals surface area contributed by atoms with Crippen molar-refractivity contribution in [1.82, 2.24) is 10.6 Å². The summed E-state index contributed by atoms with van der Waals surface area (Å²) < 4.78 is 0. The number of piperidine rings is 1.